The van der Waals surface area contributed by atoms with Crippen LogP contribution in [0.2, 0.25) is 0 Å². The molecule has 2 aromatic heterocycles. The number of likely N-dealkylation sites (tertiary alicyclic amines) is 1. The first kappa shape index (κ1) is 30.0. The monoisotopic (exact) mass is 603 g/mol. The van der Waals surface area contributed by atoms with Crippen LogP contribution in [-0.2, 0) is 24.9 Å². The molecule has 0 unspecified atom stereocenters. The van der Waals surface area contributed by atoms with Gasteiger partial charge in [-0.25, -0.2) is 13.8 Å². The molecule has 1 spiro atoms. The lowest BCUT2D eigenvalue weighted by Crippen LogP contribution is -2.51. The number of alkyl halides is 1. The van der Waals surface area contributed by atoms with E-state index in [4.69, 9.17) is 26.2 Å². The molecule has 1 fully saturated rings. The standard InChI is InChI=1S/C32H39F2N9O/c1-18(21-8-6-10-38-29(21)37)43(4)30-24-16-42(3)32(9-5-7-22-25(34)12-26(36)23(14-35)28(22)32)13-27(24)39-31(40-30)44-17-20-11-19(33)15-41(20)2/h6,8,10,12,18-20H,5,7,9,11,13,15-17,36H2,1-4H3,(H2,37,38)/t18-,19-,20+,32-/m1/s1. The molecule has 44 heavy (non-hydrogen) atoms. The Hall–Kier alpha value is -4.08. The summed E-state index contributed by atoms with van der Waals surface area (Å²) in [5, 5.41) is 10.2. The van der Waals surface area contributed by atoms with E-state index in [1.54, 1.807) is 6.20 Å². The fraction of sp³-hybridized carbons (Fsp3) is 0.500. The molecule has 12 heteroatoms. The first-order valence-electron chi connectivity index (χ1n) is 15.1. The van der Waals surface area contributed by atoms with Gasteiger partial charge in [0.1, 0.15) is 36.3 Å². The largest absolute Gasteiger partial charge is 0.462 e. The SMILES string of the molecule is C[C@H](c1cccnc1N)N(C)c1nc(OC[C@@H]2C[C@@H](F)CN2C)nc2c1CN(C)[C@]1(CCCc3c(F)cc(N)c(C#N)c31)C2. The summed E-state index contributed by atoms with van der Waals surface area (Å²) in [6, 6.07) is 7.26. The summed E-state index contributed by atoms with van der Waals surface area (Å²) in [6.45, 7) is 3.11. The van der Waals surface area contributed by atoms with E-state index in [1.165, 1.54) is 6.07 Å². The van der Waals surface area contributed by atoms with Gasteiger partial charge in [0.15, 0.2) is 0 Å². The minimum Gasteiger partial charge on any atom is -0.462 e. The number of pyridine rings is 1. The highest BCUT2D eigenvalue weighted by molar-refractivity contribution is 5.64. The second kappa shape index (κ2) is 11.4. The van der Waals surface area contributed by atoms with Crippen molar-refractivity contribution in [1.82, 2.24) is 24.8 Å². The van der Waals surface area contributed by atoms with Gasteiger partial charge in [-0.05, 0) is 70.0 Å². The number of nitrogens with two attached hydrogens (primary N) is 2. The molecule has 4 heterocycles. The first-order valence-corrected chi connectivity index (χ1v) is 15.1. The Balaban J connectivity index is 1.45. The molecule has 1 saturated heterocycles. The van der Waals surface area contributed by atoms with Crippen LogP contribution < -0.4 is 21.1 Å². The Morgan fingerprint density at radius 3 is 2.77 bits per heavy atom. The van der Waals surface area contributed by atoms with Crippen LogP contribution in [0.25, 0.3) is 0 Å². The van der Waals surface area contributed by atoms with E-state index < -0.39 is 11.7 Å². The fourth-order valence-electron chi connectivity index (χ4n) is 7.34. The van der Waals surface area contributed by atoms with Gasteiger partial charge in [0, 0.05) is 49.9 Å². The minimum atomic E-state index is -0.894. The lowest BCUT2D eigenvalue weighted by atomic mass is 9.68. The number of ether oxygens (including phenoxy) is 1. The Labute approximate surface area is 256 Å². The quantitative estimate of drug-likeness (QED) is 0.400. The number of aromatic nitrogens is 3. The molecule has 10 nitrogen and oxygen atoms in total. The number of rotatable bonds is 6. The predicted molar refractivity (Wildman–Crippen MR) is 164 cm³/mol. The zero-order valence-corrected chi connectivity index (χ0v) is 25.6. The molecule has 2 aliphatic heterocycles. The molecular weight excluding hydrogens is 564 g/mol. The molecular formula is C32H39F2N9O. The molecule has 4 atom stereocenters. The van der Waals surface area contributed by atoms with Gasteiger partial charge in [0.05, 0.1) is 28.5 Å². The van der Waals surface area contributed by atoms with Crippen molar-refractivity contribution < 1.29 is 13.5 Å². The third-order valence-electron chi connectivity index (χ3n) is 9.92. The van der Waals surface area contributed by atoms with E-state index in [1.807, 2.05) is 50.0 Å². The van der Waals surface area contributed by atoms with Gasteiger partial charge in [-0.3, -0.25) is 9.80 Å². The summed E-state index contributed by atoms with van der Waals surface area (Å²) in [5.74, 6) is 0.743. The van der Waals surface area contributed by atoms with E-state index >= 15 is 4.39 Å². The molecule has 3 aliphatic rings. The van der Waals surface area contributed by atoms with Crippen molar-refractivity contribution in [2.75, 3.05) is 50.7 Å². The van der Waals surface area contributed by atoms with Crippen LogP contribution in [0.15, 0.2) is 24.4 Å². The summed E-state index contributed by atoms with van der Waals surface area (Å²) in [4.78, 5) is 20.3. The van der Waals surface area contributed by atoms with Crippen LogP contribution in [0.1, 0.15) is 65.7 Å². The second-order valence-corrected chi connectivity index (χ2v) is 12.5. The number of hydrogen-bond acceptors (Lipinski definition) is 10. The van der Waals surface area contributed by atoms with Crippen LogP contribution in [0.5, 0.6) is 6.01 Å². The molecule has 0 bridgehead atoms. The van der Waals surface area contributed by atoms with E-state index in [0.717, 1.165) is 23.2 Å². The molecule has 0 radical (unpaired) electrons. The van der Waals surface area contributed by atoms with Crippen LogP contribution in [-0.4, -0.2) is 71.3 Å². The number of likely N-dealkylation sites (N-methyl/N-ethyl adjacent to an activating group) is 2. The van der Waals surface area contributed by atoms with Gasteiger partial charge in [-0.15, -0.1) is 0 Å². The number of halogens is 2. The highest BCUT2D eigenvalue weighted by Gasteiger charge is 2.48. The molecule has 1 aliphatic carbocycles. The average Bonchev–Trinajstić information content (AvgIpc) is 3.32. The number of nitriles is 1. The Morgan fingerprint density at radius 2 is 2.07 bits per heavy atom. The normalized spacial score (nSPS) is 24.0. The lowest BCUT2D eigenvalue weighted by molar-refractivity contribution is 0.0713. The van der Waals surface area contributed by atoms with Gasteiger partial charge < -0.3 is 21.1 Å². The summed E-state index contributed by atoms with van der Waals surface area (Å²) in [6.07, 6.45) is 3.59. The maximum Gasteiger partial charge on any atom is 0.318 e. The van der Waals surface area contributed by atoms with Crippen molar-refractivity contribution >= 4 is 17.3 Å². The van der Waals surface area contributed by atoms with Crippen LogP contribution in [0.3, 0.4) is 0 Å². The molecule has 4 N–H and O–H groups in total. The number of nitrogen functional groups attached to an aromatic ring is 2. The van der Waals surface area contributed by atoms with E-state index in [2.05, 4.69) is 16.0 Å². The van der Waals surface area contributed by atoms with Gasteiger partial charge in [-0.1, -0.05) is 6.07 Å². The molecule has 232 valence electrons. The predicted octanol–water partition coefficient (Wildman–Crippen LogP) is 3.88. The summed E-state index contributed by atoms with van der Waals surface area (Å²) in [5.41, 5.74) is 16.0. The maximum absolute atomic E-state index is 15.3. The highest BCUT2D eigenvalue weighted by atomic mass is 19.1. The minimum absolute atomic E-state index is 0.0910. The van der Waals surface area contributed by atoms with E-state index in [-0.39, 0.29) is 36.2 Å². The van der Waals surface area contributed by atoms with Crippen molar-refractivity contribution in [3.63, 3.8) is 0 Å². The average molecular weight is 604 g/mol. The van der Waals surface area contributed by atoms with Gasteiger partial charge in [-0.2, -0.15) is 15.2 Å². The summed E-state index contributed by atoms with van der Waals surface area (Å²) >= 11 is 0. The maximum atomic E-state index is 15.3. The zero-order chi connectivity index (χ0) is 31.3. The molecule has 1 aromatic carbocycles. The van der Waals surface area contributed by atoms with Gasteiger partial charge in [0.2, 0.25) is 0 Å². The first-order chi connectivity index (χ1) is 21.0. The van der Waals surface area contributed by atoms with Crippen molar-refractivity contribution in [1.29, 1.82) is 5.26 Å². The molecule has 0 saturated carbocycles. The number of benzene rings is 1. The third kappa shape index (κ3) is 4.98. The van der Waals surface area contributed by atoms with Crippen LogP contribution >= 0.6 is 0 Å². The molecule has 6 rings (SSSR count). The second-order valence-electron chi connectivity index (χ2n) is 12.5. The zero-order valence-electron chi connectivity index (χ0n) is 25.6. The van der Waals surface area contributed by atoms with Crippen molar-refractivity contribution in [2.24, 2.45) is 0 Å². The van der Waals surface area contributed by atoms with Crippen LogP contribution in [0, 0.1) is 17.1 Å². The van der Waals surface area contributed by atoms with Crippen LogP contribution in [0.4, 0.5) is 26.1 Å². The topological polar surface area (TPSA) is 133 Å². The van der Waals surface area contributed by atoms with Gasteiger partial charge in [0.25, 0.3) is 0 Å². The molecule has 0 amide bonds. The Morgan fingerprint density at radius 1 is 1.27 bits per heavy atom. The summed E-state index contributed by atoms with van der Waals surface area (Å²) < 4.78 is 35.6. The third-order valence-corrected chi connectivity index (χ3v) is 9.92. The molecule has 3 aromatic rings. The lowest BCUT2D eigenvalue weighted by Gasteiger charge is -2.50. The number of nitrogens with zero attached hydrogens (tertiary/aromatic N) is 7. The smallest absolute Gasteiger partial charge is 0.318 e. The summed E-state index contributed by atoms with van der Waals surface area (Å²) in [7, 11) is 5.84. The Kier molecular flexibility index (Phi) is 7.80. The number of anilines is 3. The van der Waals surface area contributed by atoms with Crippen molar-refractivity contribution in [2.45, 2.75) is 69.4 Å². The van der Waals surface area contributed by atoms with Gasteiger partial charge >= 0.3 is 6.01 Å². The van der Waals surface area contributed by atoms with Crippen molar-refractivity contribution in [3.8, 4) is 12.1 Å². The van der Waals surface area contributed by atoms with E-state index in [9.17, 15) is 9.65 Å². The number of hydrogen-bond donors (Lipinski definition) is 2. The van der Waals surface area contributed by atoms with Crippen molar-refractivity contribution in [3.05, 3.63) is 63.7 Å². The highest BCUT2D eigenvalue weighted by Crippen LogP contribution is 2.50. The number of fused-ring (bicyclic) bond motifs is 3. The Bertz CT molecular complexity index is 1630. The van der Waals surface area contributed by atoms with E-state index in [0.29, 0.717) is 67.1 Å². The fourth-order valence-corrected chi connectivity index (χ4v) is 7.34.